The van der Waals surface area contributed by atoms with Gasteiger partial charge in [-0.05, 0) is 26.2 Å². The van der Waals surface area contributed by atoms with Gasteiger partial charge >= 0.3 is 0 Å². The van der Waals surface area contributed by atoms with E-state index in [0.29, 0.717) is 5.92 Å². The Hall–Kier alpha value is -0.410. The molecular weight excluding hydrogens is 192 g/mol. The van der Waals surface area contributed by atoms with Crippen LogP contribution in [-0.4, -0.2) is 4.98 Å². The van der Waals surface area contributed by atoms with E-state index in [9.17, 15) is 0 Å². The average molecular weight is 212 g/mol. The van der Waals surface area contributed by atoms with Gasteiger partial charge in [0.05, 0.1) is 11.2 Å². The minimum atomic E-state index is -0.261. The van der Waals surface area contributed by atoms with E-state index in [1.54, 1.807) is 11.3 Å². The van der Waals surface area contributed by atoms with Crippen LogP contribution in [0, 0.1) is 6.92 Å². The minimum absolute atomic E-state index is 0.261. The monoisotopic (exact) mass is 212 g/mol. The van der Waals surface area contributed by atoms with Crippen LogP contribution in [0.1, 0.15) is 55.6 Å². The fourth-order valence-corrected chi connectivity index (χ4v) is 2.54. The van der Waals surface area contributed by atoms with Gasteiger partial charge in [0.15, 0.2) is 0 Å². The molecule has 3 heteroatoms. The molecule has 0 aliphatic carbocycles. The van der Waals surface area contributed by atoms with Crippen LogP contribution >= 0.6 is 11.3 Å². The van der Waals surface area contributed by atoms with E-state index in [1.165, 1.54) is 10.6 Å². The van der Waals surface area contributed by atoms with E-state index in [1.807, 2.05) is 0 Å². The van der Waals surface area contributed by atoms with Gasteiger partial charge in [0.25, 0.3) is 0 Å². The molecule has 1 aromatic rings. The van der Waals surface area contributed by atoms with Crippen molar-refractivity contribution < 1.29 is 0 Å². The van der Waals surface area contributed by atoms with Gasteiger partial charge in [-0.25, -0.2) is 4.98 Å². The highest BCUT2D eigenvalue weighted by molar-refractivity contribution is 7.11. The van der Waals surface area contributed by atoms with Crippen molar-refractivity contribution in [2.45, 2.75) is 52.5 Å². The average Bonchev–Trinajstić information content (AvgIpc) is 2.48. The Labute approximate surface area is 90.6 Å². The topological polar surface area (TPSA) is 38.9 Å². The summed E-state index contributed by atoms with van der Waals surface area (Å²) in [5, 5.41) is 1.07. The van der Waals surface area contributed by atoms with Crippen molar-refractivity contribution in [1.29, 1.82) is 0 Å². The maximum Gasteiger partial charge on any atom is 0.113 e. The third kappa shape index (κ3) is 2.15. The number of nitrogens with two attached hydrogens (primary N) is 1. The molecule has 0 radical (unpaired) electrons. The molecule has 1 atom stereocenters. The van der Waals surface area contributed by atoms with Gasteiger partial charge in [-0.15, -0.1) is 11.3 Å². The summed E-state index contributed by atoms with van der Waals surface area (Å²) in [6, 6.07) is 0. The largest absolute Gasteiger partial charge is 0.320 e. The number of aromatic nitrogens is 1. The zero-order valence-corrected chi connectivity index (χ0v) is 10.5. The summed E-state index contributed by atoms with van der Waals surface area (Å²) < 4.78 is 0. The molecular formula is C11H20N2S. The maximum atomic E-state index is 6.17. The second kappa shape index (κ2) is 3.99. The van der Waals surface area contributed by atoms with Crippen LogP contribution in [0.5, 0.6) is 0 Å². The normalized spacial score (nSPS) is 15.9. The number of aryl methyl sites for hydroxylation is 1. The Morgan fingerprint density at radius 3 is 2.43 bits per heavy atom. The number of hydrogen-bond acceptors (Lipinski definition) is 3. The molecule has 1 unspecified atom stereocenters. The van der Waals surface area contributed by atoms with Gasteiger partial charge < -0.3 is 5.73 Å². The Bertz CT molecular complexity index is 313. The molecule has 1 aromatic heterocycles. The van der Waals surface area contributed by atoms with Crippen LogP contribution in [0.4, 0.5) is 0 Å². The van der Waals surface area contributed by atoms with E-state index < -0.39 is 0 Å². The summed E-state index contributed by atoms with van der Waals surface area (Å²) in [6.45, 7) is 10.6. The van der Waals surface area contributed by atoms with Crippen molar-refractivity contribution in [3.8, 4) is 0 Å². The SMILES string of the molecule is CCC(C)(N)c1nc(C(C)C)c(C)s1. The summed E-state index contributed by atoms with van der Waals surface area (Å²) in [6.07, 6.45) is 0.928. The van der Waals surface area contributed by atoms with E-state index in [-0.39, 0.29) is 5.54 Å². The van der Waals surface area contributed by atoms with Crippen molar-refractivity contribution >= 4 is 11.3 Å². The second-order valence-corrected chi connectivity index (χ2v) is 5.59. The molecule has 0 bridgehead atoms. The first kappa shape index (κ1) is 11.7. The van der Waals surface area contributed by atoms with Gasteiger partial charge in [0, 0.05) is 4.88 Å². The Kier molecular flexibility index (Phi) is 3.32. The predicted molar refractivity (Wildman–Crippen MR) is 62.8 cm³/mol. The molecule has 2 nitrogen and oxygen atoms in total. The summed E-state index contributed by atoms with van der Waals surface area (Å²) in [4.78, 5) is 5.95. The quantitative estimate of drug-likeness (QED) is 0.836. The fraction of sp³-hybridized carbons (Fsp3) is 0.727. The standard InChI is InChI=1S/C11H20N2S/c1-6-11(5,12)10-13-9(7(2)3)8(4)14-10/h7H,6,12H2,1-5H3. The number of thiazole rings is 1. The van der Waals surface area contributed by atoms with Crippen LogP contribution < -0.4 is 5.73 Å². The Balaban J connectivity index is 3.08. The van der Waals surface area contributed by atoms with Crippen LogP contribution in [0.15, 0.2) is 0 Å². The van der Waals surface area contributed by atoms with Gasteiger partial charge in [-0.3, -0.25) is 0 Å². The highest BCUT2D eigenvalue weighted by atomic mass is 32.1. The predicted octanol–water partition coefficient (Wildman–Crippen LogP) is 3.16. The molecule has 0 spiro atoms. The molecule has 80 valence electrons. The first-order chi connectivity index (χ1) is 6.38. The highest BCUT2D eigenvalue weighted by Crippen LogP contribution is 2.31. The number of hydrogen-bond donors (Lipinski definition) is 1. The van der Waals surface area contributed by atoms with Gasteiger partial charge in [-0.2, -0.15) is 0 Å². The number of rotatable bonds is 3. The van der Waals surface area contributed by atoms with Crippen LogP contribution in [0.2, 0.25) is 0 Å². The smallest absolute Gasteiger partial charge is 0.113 e. The van der Waals surface area contributed by atoms with Gasteiger partial charge in [-0.1, -0.05) is 20.8 Å². The van der Waals surface area contributed by atoms with E-state index in [2.05, 4.69) is 39.6 Å². The first-order valence-corrected chi connectivity index (χ1v) is 5.96. The minimum Gasteiger partial charge on any atom is -0.320 e. The molecule has 0 aliphatic heterocycles. The lowest BCUT2D eigenvalue weighted by atomic mass is 10.0. The molecule has 2 N–H and O–H groups in total. The van der Waals surface area contributed by atoms with E-state index >= 15 is 0 Å². The van der Waals surface area contributed by atoms with Crippen LogP contribution in [0.3, 0.4) is 0 Å². The number of nitrogens with zero attached hydrogens (tertiary/aromatic N) is 1. The summed E-state index contributed by atoms with van der Waals surface area (Å²) in [5.74, 6) is 0.493. The molecule has 14 heavy (non-hydrogen) atoms. The Morgan fingerprint density at radius 2 is 2.07 bits per heavy atom. The third-order valence-electron chi connectivity index (χ3n) is 2.60. The van der Waals surface area contributed by atoms with Crippen molar-refractivity contribution in [2.75, 3.05) is 0 Å². The molecule has 0 saturated carbocycles. The lowest BCUT2D eigenvalue weighted by molar-refractivity contribution is 0.472. The van der Waals surface area contributed by atoms with E-state index in [4.69, 9.17) is 5.73 Å². The van der Waals surface area contributed by atoms with Gasteiger partial charge in [0.2, 0.25) is 0 Å². The third-order valence-corrected chi connectivity index (χ3v) is 3.87. The molecule has 0 saturated heterocycles. The van der Waals surface area contributed by atoms with Crippen molar-refractivity contribution in [3.63, 3.8) is 0 Å². The summed E-state index contributed by atoms with van der Waals surface area (Å²) in [5.41, 5.74) is 7.11. The lowest BCUT2D eigenvalue weighted by Crippen LogP contribution is -2.31. The van der Waals surface area contributed by atoms with Crippen LogP contribution in [0.25, 0.3) is 0 Å². The van der Waals surface area contributed by atoms with Crippen LogP contribution in [-0.2, 0) is 5.54 Å². The van der Waals surface area contributed by atoms with Crippen molar-refractivity contribution in [2.24, 2.45) is 5.73 Å². The first-order valence-electron chi connectivity index (χ1n) is 5.15. The summed E-state index contributed by atoms with van der Waals surface area (Å²) >= 11 is 1.74. The zero-order valence-electron chi connectivity index (χ0n) is 9.72. The lowest BCUT2D eigenvalue weighted by Gasteiger charge is -2.19. The molecule has 1 rings (SSSR count). The second-order valence-electron chi connectivity index (χ2n) is 4.39. The van der Waals surface area contributed by atoms with E-state index in [0.717, 1.165) is 11.4 Å². The summed E-state index contributed by atoms with van der Waals surface area (Å²) in [7, 11) is 0. The highest BCUT2D eigenvalue weighted by Gasteiger charge is 2.24. The zero-order chi connectivity index (χ0) is 10.9. The van der Waals surface area contributed by atoms with Crippen molar-refractivity contribution in [3.05, 3.63) is 15.6 Å². The molecule has 0 aromatic carbocycles. The van der Waals surface area contributed by atoms with Crippen molar-refractivity contribution in [1.82, 2.24) is 4.98 Å². The molecule has 0 amide bonds. The molecule has 1 heterocycles. The fourth-order valence-electron chi connectivity index (χ4n) is 1.34. The molecule has 0 aliphatic rings. The molecule has 0 fully saturated rings. The maximum absolute atomic E-state index is 6.17. The Morgan fingerprint density at radius 1 is 1.50 bits per heavy atom. The van der Waals surface area contributed by atoms with Gasteiger partial charge in [0.1, 0.15) is 5.01 Å².